The lowest BCUT2D eigenvalue weighted by Crippen LogP contribution is -2.34. The van der Waals surface area contributed by atoms with Gasteiger partial charge in [0, 0.05) is 0 Å². The van der Waals surface area contributed by atoms with Gasteiger partial charge in [0.2, 0.25) is 0 Å². The van der Waals surface area contributed by atoms with Crippen molar-refractivity contribution in [2.24, 2.45) is 11.8 Å². The monoisotopic (exact) mass is 227 g/mol. The van der Waals surface area contributed by atoms with Crippen LogP contribution in [-0.4, -0.2) is 38.9 Å². The first kappa shape index (κ1) is 11.9. The molecule has 92 valence electrons. The molecule has 1 aliphatic heterocycles. The summed E-state index contributed by atoms with van der Waals surface area (Å²) in [6.07, 6.45) is 4.20. The minimum atomic E-state index is -0.306. The van der Waals surface area contributed by atoms with Crippen molar-refractivity contribution in [1.82, 2.24) is 5.32 Å². The van der Waals surface area contributed by atoms with E-state index in [1.54, 1.807) is 0 Å². The summed E-state index contributed by atoms with van der Waals surface area (Å²) < 4.78 is 10.5. The lowest BCUT2D eigenvalue weighted by atomic mass is 9.99. The third-order valence-corrected chi connectivity index (χ3v) is 3.45. The van der Waals surface area contributed by atoms with Crippen LogP contribution in [-0.2, 0) is 14.3 Å². The average molecular weight is 227 g/mol. The average Bonchev–Trinajstić information content (AvgIpc) is 3.15. The Balaban J connectivity index is 1.74. The van der Waals surface area contributed by atoms with Crippen LogP contribution in [0, 0.1) is 11.8 Å². The molecule has 2 aliphatic rings. The van der Waals surface area contributed by atoms with Crippen LogP contribution >= 0.6 is 0 Å². The number of piperidine rings is 1. The lowest BCUT2D eigenvalue weighted by molar-refractivity contribution is -0.156. The molecule has 2 rings (SSSR count). The van der Waals surface area contributed by atoms with Crippen molar-refractivity contribution in [1.29, 1.82) is 0 Å². The molecule has 1 aliphatic carbocycles. The van der Waals surface area contributed by atoms with E-state index in [0.717, 1.165) is 38.8 Å². The Hall–Kier alpha value is -0.610. The fourth-order valence-electron chi connectivity index (χ4n) is 2.20. The van der Waals surface area contributed by atoms with E-state index in [-0.39, 0.29) is 12.1 Å². The first-order chi connectivity index (χ1) is 7.81. The van der Waals surface area contributed by atoms with E-state index in [1.807, 2.05) is 0 Å². The maximum Gasteiger partial charge on any atom is 0.335 e. The number of rotatable bonds is 5. The summed E-state index contributed by atoms with van der Waals surface area (Å²) in [7, 11) is 1.44. The molecule has 1 unspecified atom stereocenters. The molecule has 0 aromatic heterocycles. The maximum absolute atomic E-state index is 11.5. The van der Waals surface area contributed by atoms with Crippen LogP contribution in [0.5, 0.6) is 0 Å². The zero-order valence-corrected chi connectivity index (χ0v) is 9.91. The highest BCUT2D eigenvalue weighted by molar-refractivity contribution is 5.75. The van der Waals surface area contributed by atoms with Crippen LogP contribution in [0.4, 0.5) is 0 Å². The van der Waals surface area contributed by atoms with E-state index in [4.69, 9.17) is 9.47 Å². The summed E-state index contributed by atoms with van der Waals surface area (Å²) in [6.45, 7) is 2.85. The number of hydrogen-bond acceptors (Lipinski definition) is 4. The number of carbonyl (C=O) groups excluding carboxylic acids is 1. The van der Waals surface area contributed by atoms with E-state index in [0.29, 0.717) is 18.4 Å². The summed E-state index contributed by atoms with van der Waals surface area (Å²) in [4.78, 5) is 11.5. The predicted molar refractivity (Wildman–Crippen MR) is 60.1 cm³/mol. The highest BCUT2D eigenvalue weighted by Gasteiger charge is 2.38. The maximum atomic E-state index is 11.5. The number of hydrogen-bond donors (Lipinski definition) is 1. The van der Waals surface area contributed by atoms with E-state index in [9.17, 15) is 4.79 Å². The number of nitrogens with one attached hydrogen (secondary N) is 1. The van der Waals surface area contributed by atoms with Crippen molar-refractivity contribution in [3.05, 3.63) is 0 Å². The Kier molecular flexibility index (Phi) is 4.18. The summed E-state index contributed by atoms with van der Waals surface area (Å²) in [6, 6.07) is 0. The zero-order valence-electron chi connectivity index (χ0n) is 9.91. The molecular weight excluding hydrogens is 206 g/mol. The van der Waals surface area contributed by atoms with Gasteiger partial charge < -0.3 is 14.8 Å². The van der Waals surface area contributed by atoms with Gasteiger partial charge in [-0.1, -0.05) is 0 Å². The summed E-state index contributed by atoms with van der Waals surface area (Å²) >= 11 is 0. The molecule has 4 heteroatoms. The SMILES string of the molecule is COC(=O)C(OCC1CCNCC1)C1CC1. The lowest BCUT2D eigenvalue weighted by Gasteiger charge is -2.24. The fraction of sp³-hybridized carbons (Fsp3) is 0.917. The molecule has 4 nitrogen and oxygen atoms in total. The van der Waals surface area contributed by atoms with Crippen LogP contribution in [0.15, 0.2) is 0 Å². The van der Waals surface area contributed by atoms with E-state index >= 15 is 0 Å². The largest absolute Gasteiger partial charge is 0.467 e. The van der Waals surface area contributed by atoms with Gasteiger partial charge in [0.25, 0.3) is 0 Å². The Morgan fingerprint density at radius 2 is 2.00 bits per heavy atom. The third-order valence-electron chi connectivity index (χ3n) is 3.45. The van der Waals surface area contributed by atoms with E-state index < -0.39 is 0 Å². The van der Waals surface area contributed by atoms with E-state index in [2.05, 4.69) is 5.32 Å². The Morgan fingerprint density at radius 3 is 2.56 bits per heavy atom. The van der Waals surface area contributed by atoms with Gasteiger partial charge in [-0.3, -0.25) is 0 Å². The molecule has 1 saturated carbocycles. The minimum Gasteiger partial charge on any atom is -0.467 e. The molecule has 0 amide bonds. The zero-order chi connectivity index (χ0) is 11.4. The quantitative estimate of drug-likeness (QED) is 0.711. The van der Waals surface area contributed by atoms with Crippen LogP contribution in [0.1, 0.15) is 25.7 Å². The van der Waals surface area contributed by atoms with Crippen molar-refractivity contribution in [2.45, 2.75) is 31.8 Å². The molecule has 0 aromatic rings. The molecule has 2 fully saturated rings. The normalized spacial score (nSPS) is 24.1. The topological polar surface area (TPSA) is 47.6 Å². The van der Waals surface area contributed by atoms with Gasteiger partial charge in [0.05, 0.1) is 13.7 Å². The van der Waals surface area contributed by atoms with Crippen molar-refractivity contribution in [2.75, 3.05) is 26.8 Å². The van der Waals surface area contributed by atoms with Crippen molar-refractivity contribution in [3.8, 4) is 0 Å². The third kappa shape index (κ3) is 3.19. The van der Waals surface area contributed by atoms with Gasteiger partial charge in [-0.05, 0) is 50.6 Å². The van der Waals surface area contributed by atoms with Gasteiger partial charge in [-0.15, -0.1) is 0 Å². The standard InChI is InChI=1S/C12H21NO3/c1-15-12(14)11(10-2-3-10)16-8-9-4-6-13-7-5-9/h9-11,13H,2-8H2,1H3. The molecule has 0 bridgehead atoms. The smallest absolute Gasteiger partial charge is 0.335 e. The Bertz CT molecular complexity index is 234. The Labute approximate surface area is 96.7 Å². The second-order valence-corrected chi connectivity index (χ2v) is 4.81. The molecule has 0 radical (unpaired) electrons. The Morgan fingerprint density at radius 1 is 1.31 bits per heavy atom. The first-order valence-electron chi connectivity index (χ1n) is 6.21. The first-order valence-corrected chi connectivity index (χ1v) is 6.21. The minimum absolute atomic E-state index is 0.198. The molecule has 16 heavy (non-hydrogen) atoms. The van der Waals surface area contributed by atoms with Crippen LogP contribution < -0.4 is 5.32 Å². The van der Waals surface area contributed by atoms with Crippen molar-refractivity contribution < 1.29 is 14.3 Å². The predicted octanol–water partition coefficient (Wildman–Crippen LogP) is 0.954. The van der Waals surface area contributed by atoms with Crippen LogP contribution in [0.25, 0.3) is 0 Å². The van der Waals surface area contributed by atoms with Crippen molar-refractivity contribution >= 4 is 5.97 Å². The van der Waals surface area contributed by atoms with Gasteiger partial charge in [-0.25, -0.2) is 4.79 Å². The fourth-order valence-corrected chi connectivity index (χ4v) is 2.20. The molecule has 1 N–H and O–H groups in total. The second-order valence-electron chi connectivity index (χ2n) is 4.81. The number of esters is 1. The second kappa shape index (κ2) is 5.64. The highest BCUT2D eigenvalue weighted by Crippen LogP contribution is 2.35. The molecule has 0 aromatic carbocycles. The summed E-state index contributed by atoms with van der Waals surface area (Å²) in [5, 5.41) is 3.32. The van der Waals surface area contributed by atoms with E-state index in [1.165, 1.54) is 7.11 Å². The van der Waals surface area contributed by atoms with Crippen LogP contribution in [0.2, 0.25) is 0 Å². The van der Waals surface area contributed by atoms with Gasteiger partial charge in [-0.2, -0.15) is 0 Å². The summed E-state index contributed by atoms with van der Waals surface area (Å²) in [5.74, 6) is 0.817. The number of carbonyl (C=O) groups is 1. The molecular formula is C12H21NO3. The highest BCUT2D eigenvalue weighted by atomic mass is 16.6. The van der Waals surface area contributed by atoms with Gasteiger partial charge in [0.15, 0.2) is 6.10 Å². The molecule has 0 spiro atoms. The van der Waals surface area contributed by atoms with Crippen LogP contribution in [0.3, 0.4) is 0 Å². The number of ether oxygens (including phenoxy) is 2. The summed E-state index contributed by atoms with van der Waals surface area (Å²) in [5.41, 5.74) is 0. The molecule has 1 atom stereocenters. The van der Waals surface area contributed by atoms with Gasteiger partial charge >= 0.3 is 5.97 Å². The van der Waals surface area contributed by atoms with Gasteiger partial charge in [0.1, 0.15) is 0 Å². The molecule has 1 heterocycles. The van der Waals surface area contributed by atoms with Crippen molar-refractivity contribution in [3.63, 3.8) is 0 Å². The number of methoxy groups -OCH3 is 1. The molecule has 1 saturated heterocycles.